The first-order valence-corrected chi connectivity index (χ1v) is 6.59. The van der Waals surface area contributed by atoms with E-state index in [2.05, 4.69) is 10.6 Å². The normalized spacial score (nSPS) is 15.9. The first-order chi connectivity index (χ1) is 11.0. The molecule has 3 amide bonds. The molecular formula is C13H11F6N3O2. The highest BCUT2D eigenvalue weighted by Gasteiger charge is 2.43. The van der Waals surface area contributed by atoms with Gasteiger partial charge in [0.05, 0.1) is 11.1 Å². The van der Waals surface area contributed by atoms with Gasteiger partial charge in [0.25, 0.3) is 0 Å². The second kappa shape index (κ2) is 6.21. The second-order valence-corrected chi connectivity index (χ2v) is 4.96. The number of hydrogen-bond donors (Lipinski definition) is 2. The van der Waals surface area contributed by atoms with Crippen molar-refractivity contribution in [2.24, 2.45) is 0 Å². The van der Waals surface area contributed by atoms with E-state index in [-0.39, 0.29) is 31.8 Å². The third-order valence-corrected chi connectivity index (χ3v) is 3.21. The van der Waals surface area contributed by atoms with E-state index in [1.54, 1.807) is 0 Å². The topological polar surface area (TPSA) is 61.4 Å². The van der Waals surface area contributed by atoms with Gasteiger partial charge in [0.15, 0.2) is 0 Å². The van der Waals surface area contributed by atoms with Crippen molar-refractivity contribution in [2.45, 2.75) is 12.4 Å². The summed E-state index contributed by atoms with van der Waals surface area (Å²) in [6.07, 6.45) is -10.4. The van der Waals surface area contributed by atoms with Crippen LogP contribution in [0, 0.1) is 0 Å². The Bertz CT molecular complexity index is 656. The number of anilines is 1. The Morgan fingerprint density at radius 2 is 1.71 bits per heavy atom. The zero-order chi connectivity index (χ0) is 18.1. The number of benzene rings is 1. The summed E-state index contributed by atoms with van der Waals surface area (Å²) in [7, 11) is 0. The van der Waals surface area contributed by atoms with Crippen molar-refractivity contribution in [2.75, 3.05) is 25.0 Å². The molecule has 1 aromatic carbocycles. The maximum absolute atomic E-state index is 12.8. The molecule has 132 valence electrons. The highest BCUT2D eigenvalue weighted by atomic mass is 19.4. The van der Waals surface area contributed by atoms with E-state index in [1.165, 1.54) is 0 Å². The molecule has 1 saturated heterocycles. The van der Waals surface area contributed by atoms with Gasteiger partial charge in [-0.25, -0.2) is 4.79 Å². The lowest BCUT2D eigenvalue weighted by atomic mass is 10.1. The number of alkyl halides is 6. The van der Waals surface area contributed by atoms with E-state index in [0.29, 0.717) is 0 Å². The number of nitrogens with one attached hydrogen (secondary N) is 2. The summed E-state index contributed by atoms with van der Waals surface area (Å²) in [5.41, 5.74) is -4.19. The molecule has 0 saturated carbocycles. The quantitative estimate of drug-likeness (QED) is 0.761. The van der Waals surface area contributed by atoms with Crippen LogP contribution in [0.1, 0.15) is 11.1 Å². The summed E-state index contributed by atoms with van der Waals surface area (Å²) in [5.74, 6) is -0.445. The number of carbonyl (C=O) groups is 2. The summed E-state index contributed by atoms with van der Waals surface area (Å²) in [4.78, 5) is 24.1. The van der Waals surface area contributed by atoms with Gasteiger partial charge in [0.1, 0.15) is 6.54 Å². The molecule has 1 aromatic rings. The molecule has 0 unspecified atom stereocenters. The number of amides is 3. The SMILES string of the molecule is O=C1CN(C(=O)Nc2ccc(C(F)(F)F)c(C(F)(F)F)c2)CCN1. The van der Waals surface area contributed by atoms with Crippen LogP contribution >= 0.6 is 0 Å². The highest BCUT2D eigenvalue weighted by Crippen LogP contribution is 2.41. The van der Waals surface area contributed by atoms with Crippen molar-refractivity contribution in [1.29, 1.82) is 0 Å². The van der Waals surface area contributed by atoms with Crippen LogP contribution in [0.5, 0.6) is 0 Å². The van der Waals surface area contributed by atoms with Crippen molar-refractivity contribution in [1.82, 2.24) is 10.2 Å². The van der Waals surface area contributed by atoms with Crippen LogP contribution < -0.4 is 10.6 Å². The third-order valence-electron chi connectivity index (χ3n) is 3.21. The summed E-state index contributed by atoms with van der Waals surface area (Å²) in [6.45, 7) is 0.00992. The smallest absolute Gasteiger partial charge is 0.353 e. The van der Waals surface area contributed by atoms with Gasteiger partial charge < -0.3 is 15.5 Å². The molecule has 2 N–H and O–H groups in total. The molecule has 11 heteroatoms. The molecule has 5 nitrogen and oxygen atoms in total. The number of carbonyl (C=O) groups excluding carboxylic acids is 2. The number of urea groups is 1. The van der Waals surface area contributed by atoms with Crippen LogP contribution in [0.25, 0.3) is 0 Å². The Kier molecular flexibility index (Phi) is 4.63. The fourth-order valence-electron chi connectivity index (χ4n) is 2.12. The standard InChI is InChI=1S/C13H11F6N3O2/c14-12(15,16)8-2-1-7(5-9(8)13(17,18)19)21-11(24)22-4-3-20-10(23)6-22/h1-2,5H,3-4,6H2,(H,20,23)(H,21,24). The van der Waals surface area contributed by atoms with Crippen LogP contribution in [0.4, 0.5) is 36.8 Å². The Morgan fingerprint density at radius 1 is 1.08 bits per heavy atom. The van der Waals surface area contributed by atoms with Gasteiger partial charge in [-0.3, -0.25) is 4.79 Å². The lowest BCUT2D eigenvalue weighted by Crippen LogP contribution is -2.51. The third kappa shape index (κ3) is 4.09. The van der Waals surface area contributed by atoms with Gasteiger partial charge in [-0.05, 0) is 18.2 Å². The summed E-state index contributed by atoms with van der Waals surface area (Å²) >= 11 is 0. The number of hydrogen-bond acceptors (Lipinski definition) is 2. The minimum atomic E-state index is -5.24. The van der Waals surface area contributed by atoms with Crippen LogP contribution in [-0.2, 0) is 17.1 Å². The molecule has 2 rings (SSSR count). The second-order valence-electron chi connectivity index (χ2n) is 4.96. The molecule has 0 aromatic heterocycles. The molecule has 0 spiro atoms. The van der Waals surface area contributed by atoms with Crippen molar-refractivity contribution in [3.8, 4) is 0 Å². The molecule has 24 heavy (non-hydrogen) atoms. The van der Waals surface area contributed by atoms with Gasteiger partial charge in [0.2, 0.25) is 5.91 Å². The summed E-state index contributed by atoms with van der Waals surface area (Å²) < 4.78 is 76.5. The van der Waals surface area contributed by atoms with E-state index in [4.69, 9.17) is 0 Å². The molecule has 0 radical (unpaired) electrons. The number of nitrogens with zero attached hydrogens (tertiary/aromatic N) is 1. The van der Waals surface area contributed by atoms with Gasteiger partial charge in [-0.15, -0.1) is 0 Å². The monoisotopic (exact) mass is 355 g/mol. The van der Waals surface area contributed by atoms with Crippen LogP contribution in [-0.4, -0.2) is 36.5 Å². The molecule has 1 fully saturated rings. The van der Waals surface area contributed by atoms with E-state index in [1.807, 2.05) is 0 Å². The molecule has 0 atom stereocenters. The largest absolute Gasteiger partial charge is 0.417 e. The predicted octanol–water partition coefficient (Wildman–Crippen LogP) is 2.69. The van der Waals surface area contributed by atoms with Crippen molar-refractivity contribution < 1.29 is 35.9 Å². The zero-order valence-corrected chi connectivity index (χ0v) is 11.9. The number of halogens is 6. The first-order valence-electron chi connectivity index (χ1n) is 6.59. The lowest BCUT2D eigenvalue weighted by Gasteiger charge is -2.27. The Hall–Kier alpha value is -2.46. The Morgan fingerprint density at radius 3 is 2.25 bits per heavy atom. The molecule has 1 heterocycles. The fourth-order valence-corrected chi connectivity index (χ4v) is 2.12. The Balaban J connectivity index is 2.25. The van der Waals surface area contributed by atoms with Crippen molar-refractivity contribution in [3.63, 3.8) is 0 Å². The molecule has 1 aliphatic heterocycles. The fraction of sp³-hybridized carbons (Fsp3) is 0.385. The van der Waals surface area contributed by atoms with E-state index >= 15 is 0 Å². The number of piperazine rings is 1. The van der Waals surface area contributed by atoms with E-state index in [9.17, 15) is 35.9 Å². The van der Waals surface area contributed by atoms with Gasteiger partial charge >= 0.3 is 18.4 Å². The predicted molar refractivity (Wildman–Crippen MR) is 70.0 cm³/mol. The molecule has 1 aliphatic rings. The minimum Gasteiger partial charge on any atom is -0.353 e. The van der Waals surface area contributed by atoms with Crippen molar-refractivity contribution >= 4 is 17.6 Å². The van der Waals surface area contributed by atoms with Crippen molar-refractivity contribution in [3.05, 3.63) is 29.3 Å². The van der Waals surface area contributed by atoms with Gasteiger partial charge in [0, 0.05) is 18.8 Å². The molecule has 0 bridgehead atoms. The first kappa shape index (κ1) is 17.9. The highest BCUT2D eigenvalue weighted by molar-refractivity contribution is 5.93. The average Bonchev–Trinajstić information content (AvgIpc) is 2.45. The maximum atomic E-state index is 12.8. The zero-order valence-electron chi connectivity index (χ0n) is 11.9. The summed E-state index contributed by atoms with van der Waals surface area (Å²) in [6, 6.07) is 0.309. The van der Waals surface area contributed by atoms with Gasteiger partial charge in [-0.2, -0.15) is 26.3 Å². The van der Waals surface area contributed by atoms with Gasteiger partial charge in [-0.1, -0.05) is 0 Å². The maximum Gasteiger partial charge on any atom is 0.417 e. The van der Waals surface area contributed by atoms with Crippen LogP contribution in [0.15, 0.2) is 18.2 Å². The molecule has 0 aliphatic carbocycles. The summed E-state index contributed by atoms with van der Waals surface area (Å²) in [5, 5.41) is 4.51. The van der Waals surface area contributed by atoms with Crippen LogP contribution in [0.2, 0.25) is 0 Å². The van der Waals surface area contributed by atoms with Crippen LogP contribution in [0.3, 0.4) is 0 Å². The number of rotatable bonds is 1. The molecular weight excluding hydrogens is 344 g/mol. The van der Waals surface area contributed by atoms with E-state index < -0.39 is 41.1 Å². The Labute approximate surface area is 131 Å². The average molecular weight is 355 g/mol. The lowest BCUT2D eigenvalue weighted by molar-refractivity contribution is -0.162. The minimum absolute atomic E-state index is 0.129. The van der Waals surface area contributed by atoms with E-state index in [0.717, 1.165) is 11.0 Å².